The summed E-state index contributed by atoms with van der Waals surface area (Å²) >= 11 is 0. The van der Waals surface area contributed by atoms with E-state index in [1.807, 2.05) is 18.2 Å². The lowest BCUT2D eigenvalue weighted by molar-refractivity contribution is -0.126. The molecule has 6 heteroatoms. The van der Waals surface area contributed by atoms with E-state index in [0.717, 1.165) is 5.56 Å². The number of hydrogen-bond acceptors (Lipinski definition) is 3. The van der Waals surface area contributed by atoms with Crippen LogP contribution in [0.1, 0.15) is 12.0 Å². The zero-order valence-corrected chi connectivity index (χ0v) is 13.9. The second-order valence-corrected chi connectivity index (χ2v) is 5.90. The first kappa shape index (κ1) is 17.0. The van der Waals surface area contributed by atoms with Crippen molar-refractivity contribution in [1.82, 2.24) is 5.32 Å². The molecule has 0 bridgehead atoms. The highest BCUT2D eigenvalue weighted by atomic mass is 19.1. The van der Waals surface area contributed by atoms with Gasteiger partial charge in [0.05, 0.1) is 13.5 Å². The van der Waals surface area contributed by atoms with E-state index in [0.29, 0.717) is 24.4 Å². The van der Waals surface area contributed by atoms with Gasteiger partial charge in [-0.1, -0.05) is 12.1 Å². The van der Waals surface area contributed by atoms with Crippen molar-refractivity contribution in [3.8, 4) is 5.75 Å². The van der Waals surface area contributed by atoms with E-state index < -0.39 is 6.04 Å². The number of nitrogens with one attached hydrogen (secondary N) is 1. The molecule has 1 heterocycles. The summed E-state index contributed by atoms with van der Waals surface area (Å²) in [6.45, 7) is 0.495. The molecule has 5 nitrogen and oxygen atoms in total. The van der Waals surface area contributed by atoms with Crippen molar-refractivity contribution in [3.05, 3.63) is 59.9 Å². The highest BCUT2D eigenvalue weighted by molar-refractivity contribution is 6.01. The van der Waals surface area contributed by atoms with E-state index in [4.69, 9.17) is 4.74 Å². The first-order valence-electron chi connectivity index (χ1n) is 8.06. The van der Waals surface area contributed by atoms with Crippen LogP contribution in [0.2, 0.25) is 0 Å². The maximum atomic E-state index is 13.0. The van der Waals surface area contributed by atoms with Gasteiger partial charge in [0.15, 0.2) is 0 Å². The lowest BCUT2D eigenvalue weighted by Gasteiger charge is -2.17. The van der Waals surface area contributed by atoms with Gasteiger partial charge in [-0.2, -0.15) is 0 Å². The Kier molecular flexibility index (Phi) is 4.97. The van der Waals surface area contributed by atoms with Gasteiger partial charge in [-0.15, -0.1) is 0 Å². The fourth-order valence-electron chi connectivity index (χ4n) is 2.90. The number of halogens is 1. The van der Waals surface area contributed by atoms with Gasteiger partial charge in [0, 0.05) is 12.2 Å². The molecule has 25 heavy (non-hydrogen) atoms. The van der Waals surface area contributed by atoms with Gasteiger partial charge < -0.3 is 15.0 Å². The van der Waals surface area contributed by atoms with E-state index in [2.05, 4.69) is 5.32 Å². The van der Waals surface area contributed by atoms with Crippen LogP contribution < -0.4 is 15.0 Å². The van der Waals surface area contributed by atoms with Crippen LogP contribution in [-0.2, 0) is 16.0 Å². The third-order valence-electron chi connectivity index (χ3n) is 4.18. The fraction of sp³-hybridized carbons (Fsp3) is 0.263. The summed E-state index contributed by atoms with van der Waals surface area (Å²) in [6.07, 6.45) is 0.706. The molecule has 1 fully saturated rings. The molecule has 1 unspecified atom stereocenters. The first-order valence-corrected chi connectivity index (χ1v) is 8.06. The van der Waals surface area contributed by atoms with E-state index in [1.165, 1.54) is 12.1 Å². The van der Waals surface area contributed by atoms with Crippen LogP contribution in [0.4, 0.5) is 10.1 Å². The number of amides is 2. The fourth-order valence-corrected chi connectivity index (χ4v) is 2.90. The van der Waals surface area contributed by atoms with Crippen LogP contribution in [-0.4, -0.2) is 31.5 Å². The Morgan fingerprint density at radius 3 is 2.76 bits per heavy atom. The second-order valence-electron chi connectivity index (χ2n) is 5.90. The van der Waals surface area contributed by atoms with E-state index in [9.17, 15) is 14.0 Å². The average molecular weight is 342 g/mol. The molecule has 1 aliphatic heterocycles. The van der Waals surface area contributed by atoms with Gasteiger partial charge in [-0.25, -0.2) is 4.39 Å². The van der Waals surface area contributed by atoms with E-state index >= 15 is 0 Å². The molecule has 1 aliphatic rings. The molecule has 0 spiro atoms. The monoisotopic (exact) mass is 342 g/mol. The molecule has 2 aromatic carbocycles. The van der Waals surface area contributed by atoms with Crippen molar-refractivity contribution in [2.75, 3.05) is 18.6 Å². The maximum absolute atomic E-state index is 13.0. The second kappa shape index (κ2) is 7.34. The normalized spacial score (nSPS) is 16.8. The molecule has 1 N–H and O–H groups in total. The van der Waals surface area contributed by atoms with Crippen molar-refractivity contribution in [3.63, 3.8) is 0 Å². The zero-order chi connectivity index (χ0) is 17.8. The van der Waals surface area contributed by atoms with Crippen LogP contribution in [0.15, 0.2) is 48.5 Å². The molecule has 0 radical (unpaired) electrons. The highest BCUT2D eigenvalue weighted by Crippen LogP contribution is 2.22. The number of carbonyl (C=O) groups excluding carboxylic acids is 2. The summed E-state index contributed by atoms with van der Waals surface area (Å²) in [5.74, 6) is -0.0542. The molecule has 0 saturated carbocycles. The molecule has 0 aliphatic carbocycles. The number of ether oxygens (including phenoxy) is 1. The average Bonchev–Trinajstić information content (AvgIpc) is 2.96. The van der Waals surface area contributed by atoms with Gasteiger partial charge >= 0.3 is 0 Å². The lowest BCUT2D eigenvalue weighted by Crippen LogP contribution is -2.42. The van der Waals surface area contributed by atoms with Crippen LogP contribution in [0.3, 0.4) is 0 Å². The van der Waals surface area contributed by atoms with Gasteiger partial charge in [-0.05, 0) is 48.4 Å². The number of anilines is 1. The minimum absolute atomic E-state index is 0.175. The number of hydrogen-bond donors (Lipinski definition) is 1. The number of benzene rings is 2. The minimum atomic E-state index is -0.553. The quantitative estimate of drug-likeness (QED) is 0.907. The maximum Gasteiger partial charge on any atom is 0.249 e. The summed E-state index contributed by atoms with van der Waals surface area (Å²) in [7, 11) is 1.57. The van der Waals surface area contributed by atoms with Crippen LogP contribution in [0.25, 0.3) is 0 Å². The van der Waals surface area contributed by atoms with Gasteiger partial charge in [0.2, 0.25) is 11.8 Å². The molecular formula is C19H19FN2O3. The summed E-state index contributed by atoms with van der Waals surface area (Å²) in [5, 5.41) is 2.78. The van der Waals surface area contributed by atoms with Crippen molar-refractivity contribution in [2.45, 2.75) is 18.9 Å². The minimum Gasteiger partial charge on any atom is -0.497 e. The lowest BCUT2D eigenvalue weighted by atomic mass is 10.1. The van der Waals surface area contributed by atoms with Crippen molar-refractivity contribution >= 4 is 17.5 Å². The Morgan fingerprint density at radius 1 is 1.28 bits per heavy atom. The molecule has 2 amide bonds. The number of carbonyl (C=O) groups is 2. The third-order valence-corrected chi connectivity index (χ3v) is 4.18. The molecular weight excluding hydrogens is 323 g/mol. The topological polar surface area (TPSA) is 58.6 Å². The largest absolute Gasteiger partial charge is 0.497 e. The molecule has 130 valence electrons. The predicted octanol–water partition coefficient (Wildman–Crippen LogP) is 2.30. The predicted molar refractivity (Wildman–Crippen MR) is 92.0 cm³/mol. The summed E-state index contributed by atoms with van der Waals surface area (Å²) in [5.41, 5.74) is 1.45. The van der Waals surface area contributed by atoms with E-state index in [-0.39, 0.29) is 24.1 Å². The van der Waals surface area contributed by atoms with Gasteiger partial charge in [0.25, 0.3) is 0 Å². The highest BCUT2D eigenvalue weighted by Gasteiger charge is 2.33. The summed E-state index contributed by atoms with van der Waals surface area (Å²) in [4.78, 5) is 26.3. The molecule has 1 saturated heterocycles. The van der Waals surface area contributed by atoms with E-state index in [1.54, 1.807) is 30.2 Å². The number of rotatable bonds is 5. The van der Waals surface area contributed by atoms with Crippen molar-refractivity contribution in [2.24, 2.45) is 0 Å². The van der Waals surface area contributed by atoms with Crippen LogP contribution in [0, 0.1) is 5.82 Å². The Hall–Kier alpha value is -2.89. The molecule has 2 aromatic rings. The SMILES string of the molecule is COc1cccc(CC(=O)NC2CCN(c3ccc(F)cc3)C2=O)c1. The Balaban J connectivity index is 1.60. The smallest absolute Gasteiger partial charge is 0.249 e. The number of nitrogens with zero attached hydrogens (tertiary/aromatic N) is 1. The third kappa shape index (κ3) is 3.96. The summed E-state index contributed by atoms with van der Waals surface area (Å²) in [6, 6.07) is 12.5. The number of methoxy groups -OCH3 is 1. The standard InChI is InChI=1S/C19H19FN2O3/c1-25-16-4-2-3-13(11-16)12-18(23)21-17-9-10-22(19(17)24)15-7-5-14(20)6-8-15/h2-8,11,17H,9-10,12H2,1H3,(H,21,23). The Labute approximate surface area is 145 Å². The Bertz CT molecular complexity index is 776. The van der Waals surface area contributed by atoms with Crippen molar-refractivity contribution < 1.29 is 18.7 Å². The molecule has 3 rings (SSSR count). The Morgan fingerprint density at radius 2 is 2.04 bits per heavy atom. The van der Waals surface area contributed by atoms with Crippen molar-refractivity contribution in [1.29, 1.82) is 0 Å². The molecule has 0 aromatic heterocycles. The van der Waals surface area contributed by atoms with Crippen LogP contribution in [0.5, 0.6) is 5.75 Å². The zero-order valence-electron chi connectivity index (χ0n) is 13.9. The van der Waals surface area contributed by atoms with Gasteiger partial charge in [-0.3, -0.25) is 9.59 Å². The van der Waals surface area contributed by atoms with Crippen LogP contribution >= 0.6 is 0 Å². The first-order chi connectivity index (χ1) is 12.1. The van der Waals surface area contributed by atoms with Gasteiger partial charge in [0.1, 0.15) is 17.6 Å². The summed E-state index contributed by atoms with van der Waals surface area (Å²) < 4.78 is 18.2. The molecule has 1 atom stereocenters.